The average molecular weight is 804 g/mol. The Kier molecular flexibility index (Phi) is 14.3. The summed E-state index contributed by atoms with van der Waals surface area (Å²) in [6.45, 7) is 9.47. The smallest absolute Gasteiger partial charge is 0.264 e. The van der Waals surface area contributed by atoms with E-state index in [1.54, 1.807) is 0 Å². The quantitative estimate of drug-likeness (QED) is 0.0501. The molecule has 0 saturated heterocycles. The van der Waals surface area contributed by atoms with Crippen LogP contribution in [0.15, 0.2) is 119 Å². The van der Waals surface area contributed by atoms with Crippen molar-refractivity contribution in [3.63, 3.8) is 0 Å². The number of aryl methyl sites for hydroxylation is 2. The van der Waals surface area contributed by atoms with E-state index in [-0.39, 0.29) is 11.5 Å². The fourth-order valence-electron chi connectivity index (χ4n) is 7.33. The van der Waals surface area contributed by atoms with Crippen molar-refractivity contribution in [2.75, 3.05) is 29.5 Å². The van der Waals surface area contributed by atoms with Gasteiger partial charge in [-0.05, 0) is 116 Å². The first-order valence-electron chi connectivity index (χ1n) is 18.8. The Hall–Kier alpha value is -4.06. The molecule has 0 spiro atoms. The van der Waals surface area contributed by atoms with Gasteiger partial charge in [0.05, 0.1) is 11.5 Å². The summed E-state index contributed by atoms with van der Waals surface area (Å²) < 4.78 is 66.4. The van der Waals surface area contributed by atoms with E-state index in [1.807, 2.05) is 38.1 Å². The molecule has 0 aromatic heterocycles. The first-order chi connectivity index (χ1) is 26.1. The van der Waals surface area contributed by atoms with Crippen LogP contribution in [0.4, 0.5) is 11.4 Å². The molecule has 8 nitrogen and oxygen atoms in total. The number of fused-ring (bicyclic) bond motifs is 2. The number of anilines is 1. The van der Waals surface area contributed by atoms with Crippen LogP contribution in [0.25, 0.3) is 21.5 Å². The summed E-state index contributed by atoms with van der Waals surface area (Å²) in [4.78, 5) is 2.21. The van der Waals surface area contributed by atoms with Gasteiger partial charge in [-0.1, -0.05) is 78.4 Å². The van der Waals surface area contributed by atoms with Crippen LogP contribution in [0.3, 0.4) is 0 Å². The Bertz CT molecular complexity index is 2430. The number of hydrogen-bond acceptors (Lipinski definition) is 5. The number of allylic oxidation sites excluding steroid dienone is 8. The molecule has 0 unspecified atom stereocenters. The molecule has 0 fully saturated rings. The molecule has 1 aliphatic carbocycles. The molecular weight excluding hydrogens is 752 g/mol. The van der Waals surface area contributed by atoms with Crippen LogP contribution >= 0.6 is 11.6 Å². The number of nitrogens with zero attached hydrogens (tertiary/aromatic N) is 2. The summed E-state index contributed by atoms with van der Waals surface area (Å²) >= 11 is 7.11. The van der Waals surface area contributed by atoms with E-state index in [1.165, 1.54) is 0 Å². The molecule has 0 radical (unpaired) electrons. The minimum absolute atomic E-state index is 0.272. The van der Waals surface area contributed by atoms with Crippen LogP contribution < -0.4 is 4.90 Å². The molecule has 0 saturated carbocycles. The van der Waals surface area contributed by atoms with Crippen molar-refractivity contribution in [2.45, 2.75) is 72.6 Å². The molecule has 0 bridgehead atoms. The van der Waals surface area contributed by atoms with E-state index < -0.39 is 20.2 Å². The van der Waals surface area contributed by atoms with Crippen molar-refractivity contribution in [1.82, 2.24) is 0 Å². The van der Waals surface area contributed by atoms with Gasteiger partial charge in [0.25, 0.3) is 20.2 Å². The third-order valence-corrected chi connectivity index (χ3v) is 12.4. The second-order valence-corrected chi connectivity index (χ2v) is 17.8. The molecule has 4 aromatic rings. The Morgan fingerprint density at radius 2 is 1.38 bits per heavy atom. The second-order valence-electron chi connectivity index (χ2n) is 14.3. The highest BCUT2D eigenvalue weighted by molar-refractivity contribution is 7.86. The van der Waals surface area contributed by atoms with E-state index in [0.29, 0.717) is 38.8 Å². The summed E-state index contributed by atoms with van der Waals surface area (Å²) in [5.74, 6) is -0.544. The summed E-state index contributed by atoms with van der Waals surface area (Å²) in [7, 11) is -8.06. The summed E-state index contributed by atoms with van der Waals surface area (Å²) in [5.41, 5.74) is 8.42. The van der Waals surface area contributed by atoms with E-state index >= 15 is 0 Å². The van der Waals surface area contributed by atoms with E-state index in [4.69, 9.17) is 11.6 Å². The van der Waals surface area contributed by atoms with Crippen LogP contribution in [-0.4, -0.2) is 60.8 Å². The normalized spacial score (nSPS) is 15.8. The number of unbranched alkanes of at least 4 members (excludes halogenated alkanes) is 2. The van der Waals surface area contributed by atoms with Gasteiger partial charge in [-0.2, -0.15) is 21.4 Å². The highest BCUT2D eigenvalue weighted by atomic mass is 35.5. The maximum atomic E-state index is 11.4. The molecule has 0 amide bonds. The van der Waals surface area contributed by atoms with Crippen molar-refractivity contribution >= 4 is 70.5 Å². The molecule has 11 heteroatoms. The SMILES string of the molecule is CC(/C=C/C1=C(Cl)C(=C\C=C(/C)N(CCCCS(=O)(=O)O)c2ccc3ccccc3c2C)/CCC1)=[N+](CCCCS(=O)(=O)O)c1ccc2ccccc2c1C. The van der Waals surface area contributed by atoms with Crippen molar-refractivity contribution < 1.29 is 30.5 Å². The van der Waals surface area contributed by atoms with Gasteiger partial charge in [-0.25, -0.2) is 0 Å². The Morgan fingerprint density at radius 3 is 2.04 bits per heavy atom. The lowest BCUT2D eigenvalue weighted by Gasteiger charge is -2.28. The minimum atomic E-state index is -4.03. The first-order valence-corrected chi connectivity index (χ1v) is 22.4. The van der Waals surface area contributed by atoms with Crippen LogP contribution in [-0.2, 0) is 20.2 Å². The molecule has 5 rings (SSSR count). The molecular formula is C44H52ClN2O6S2+. The number of rotatable bonds is 16. The fourth-order valence-corrected chi connectivity index (χ4v) is 8.78. The summed E-state index contributed by atoms with van der Waals surface area (Å²) in [6.07, 6.45) is 12.8. The molecule has 1 aliphatic rings. The number of hydrogen-bond donors (Lipinski definition) is 2. The molecule has 292 valence electrons. The van der Waals surface area contributed by atoms with Crippen LogP contribution in [0.5, 0.6) is 0 Å². The number of benzene rings is 4. The van der Waals surface area contributed by atoms with Crippen LogP contribution in [0, 0.1) is 13.8 Å². The standard InChI is InChI=1S/C44H51ClN2O6S2/c1-32(46(28-9-11-30-54(48,49)50)42-26-24-36-14-5-7-18-40(36)34(42)3)20-22-38-16-13-17-39(44(38)45)23-21-33(2)47(29-10-12-31-55(51,52)53)43-27-25-37-15-6-8-19-41(37)35(43)4/h5-8,14-15,18-27H,9-13,16-17,28-31H2,1-4H3,(H-,48,49,50,51,52,53)/p+1. The monoisotopic (exact) mass is 803 g/mol. The summed E-state index contributed by atoms with van der Waals surface area (Å²) in [5, 5.41) is 5.34. The molecule has 2 N–H and O–H groups in total. The Labute approximate surface area is 331 Å². The lowest BCUT2D eigenvalue weighted by molar-refractivity contribution is -0.441. The summed E-state index contributed by atoms with van der Waals surface area (Å²) in [6, 6.07) is 24.9. The highest BCUT2D eigenvalue weighted by Gasteiger charge is 2.20. The average Bonchev–Trinajstić information content (AvgIpc) is 3.14. The van der Waals surface area contributed by atoms with Gasteiger partial charge in [-0.15, -0.1) is 0 Å². The lowest BCUT2D eigenvalue weighted by atomic mass is 9.94. The molecule has 0 atom stereocenters. The van der Waals surface area contributed by atoms with Gasteiger partial charge in [-0.3, -0.25) is 9.11 Å². The van der Waals surface area contributed by atoms with Gasteiger partial charge in [0.1, 0.15) is 6.54 Å². The van der Waals surface area contributed by atoms with Crippen molar-refractivity contribution in [2.24, 2.45) is 0 Å². The van der Waals surface area contributed by atoms with Gasteiger partial charge >= 0.3 is 0 Å². The predicted octanol–water partition coefficient (Wildman–Crippen LogP) is 10.6. The van der Waals surface area contributed by atoms with Crippen molar-refractivity contribution in [3.8, 4) is 0 Å². The van der Waals surface area contributed by atoms with Gasteiger partial charge < -0.3 is 4.90 Å². The molecule has 55 heavy (non-hydrogen) atoms. The third kappa shape index (κ3) is 11.5. The van der Waals surface area contributed by atoms with E-state index in [0.717, 1.165) is 90.9 Å². The Morgan fingerprint density at radius 1 is 0.782 bits per heavy atom. The molecule has 0 aliphatic heterocycles. The zero-order valence-corrected chi connectivity index (χ0v) is 34.5. The molecule has 0 heterocycles. The van der Waals surface area contributed by atoms with Gasteiger partial charge in [0, 0.05) is 54.0 Å². The van der Waals surface area contributed by atoms with Crippen molar-refractivity contribution in [3.05, 3.63) is 130 Å². The first kappa shape index (κ1) is 42.1. The maximum Gasteiger partial charge on any atom is 0.264 e. The third-order valence-electron chi connectivity index (χ3n) is 10.3. The Balaban J connectivity index is 1.45. The highest BCUT2D eigenvalue weighted by Crippen LogP contribution is 2.35. The predicted molar refractivity (Wildman–Crippen MR) is 229 cm³/mol. The zero-order valence-electron chi connectivity index (χ0n) is 32.1. The largest absolute Gasteiger partial charge is 0.345 e. The van der Waals surface area contributed by atoms with E-state index in [9.17, 15) is 25.9 Å². The van der Waals surface area contributed by atoms with Crippen LogP contribution in [0.1, 0.15) is 69.9 Å². The second kappa shape index (κ2) is 18.7. The van der Waals surface area contributed by atoms with Gasteiger partial charge in [0.15, 0.2) is 5.71 Å². The molecule has 4 aromatic carbocycles. The maximum absolute atomic E-state index is 11.4. The fraction of sp³-hybridized carbons (Fsp3) is 0.341. The van der Waals surface area contributed by atoms with Crippen molar-refractivity contribution in [1.29, 1.82) is 0 Å². The zero-order chi connectivity index (χ0) is 39.8. The topological polar surface area (TPSA) is 115 Å². The van der Waals surface area contributed by atoms with Crippen LogP contribution in [0.2, 0.25) is 0 Å². The lowest BCUT2D eigenvalue weighted by Crippen LogP contribution is -2.24. The van der Waals surface area contributed by atoms with Gasteiger partial charge in [0.2, 0.25) is 5.69 Å². The minimum Gasteiger partial charge on any atom is -0.345 e. The number of halogens is 1. The van der Waals surface area contributed by atoms with E-state index in [2.05, 4.69) is 96.2 Å².